The van der Waals surface area contributed by atoms with Gasteiger partial charge in [0.05, 0.1) is 11.4 Å². The van der Waals surface area contributed by atoms with Crippen LogP contribution in [0.3, 0.4) is 0 Å². The maximum atomic E-state index is 12.2. The minimum absolute atomic E-state index is 0.0687. The van der Waals surface area contributed by atoms with E-state index in [0.29, 0.717) is 24.4 Å². The van der Waals surface area contributed by atoms with Crippen LogP contribution in [0.4, 0.5) is 0 Å². The Hall–Kier alpha value is -2.63. The van der Waals surface area contributed by atoms with Crippen LogP contribution in [0.2, 0.25) is 0 Å². The molecule has 0 aliphatic rings. The van der Waals surface area contributed by atoms with Gasteiger partial charge < -0.3 is 10.4 Å². The lowest BCUT2D eigenvalue weighted by atomic mass is 10.1. The first kappa shape index (κ1) is 20.7. The smallest absolute Gasteiger partial charge is 0.303 e. The fourth-order valence-corrected chi connectivity index (χ4v) is 3.09. The molecule has 0 saturated heterocycles. The number of nitrogens with zero attached hydrogens (tertiary/aromatic N) is 2. The third-order valence-electron chi connectivity index (χ3n) is 4.65. The molecule has 0 aliphatic carbocycles. The second-order valence-corrected chi connectivity index (χ2v) is 7.29. The Bertz CT molecular complexity index is 792. The van der Waals surface area contributed by atoms with E-state index < -0.39 is 5.97 Å². The molecule has 6 heteroatoms. The number of hydrogen-bond acceptors (Lipinski definition) is 3. The summed E-state index contributed by atoms with van der Waals surface area (Å²) in [6.45, 7) is 8.86. The van der Waals surface area contributed by atoms with Gasteiger partial charge >= 0.3 is 5.97 Å². The van der Waals surface area contributed by atoms with E-state index in [2.05, 4.69) is 24.3 Å². The maximum absolute atomic E-state index is 12.2. The van der Waals surface area contributed by atoms with E-state index in [-0.39, 0.29) is 12.3 Å². The third kappa shape index (κ3) is 5.67. The molecule has 1 aromatic heterocycles. The van der Waals surface area contributed by atoms with Crippen LogP contribution in [0.1, 0.15) is 60.4 Å². The van der Waals surface area contributed by atoms with E-state index in [9.17, 15) is 9.59 Å². The van der Waals surface area contributed by atoms with Gasteiger partial charge in [0.1, 0.15) is 0 Å². The minimum Gasteiger partial charge on any atom is -0.481 e. The highest BCUT2D eigenvalue weighted by Crippen LogP contribution is 2.20. The van der Waals surface area contributed by atoms with Crippen LogP contribution < -0.4 is 5.32 Å². The average Bonchev–Trinajstić information content (AvgIpc) is 2.90. The predicted octanol–water partition coefficient (Wildman–Crippen LogP) is 3.67. The molecular weight excluding hydrogens is 342 g/mol. The van der Waals surface area contributed by atoms with Gasteiger partial charge in [-0.1, -0.05) is 13.8 Å². The van der Waals surface area contributed by atoms with Crippen LogP contribution in [0, 0.1) is 19.8 Å². The number of hydrogen-bond donors (Lipinski definition) is 2. The van der Waals surface area contributed by atoms with E-state index in [0.717, 1.165) is 35.5 Å². The van der Waals surface area contributed by atoms with Gasteiger partial charge in [-0.25, -0.2) is 4.68 Å². The molecule has 0 radical (unpaired) electrons. The molecular formula is C21H29N3O3. The number of carboxylic acid groups (broad SMARTS) is 1. The number of benzene rings is 1. The standard InChI is InChI=1S/C21H29N3O3/c1-14(2)6-5-13-22-21(27)17-7-9-18(10-8-17)24-16(4)19(15(3)23-24)11-12-20(25)26/h7-10,14H,5-6,11-13H2,1-4H3,(H,22,27)(H,25,26). The highest BCUT2D eigenvalue weighted by atomic mass is 16.4. The van der Waals surface area contributed by atoms with Crippen LogP contribution in [-0.2, 0) is 11.2 Å². The van der Waals surface area contributed by atoms with Crippen LogP contribution in [0.25, 0.3) is 5.69 Å². The monoisotopic (exact) mass is 371 g/mol. The van der Waals surface area contributed by atoms with Gasteiger partial charge in [-0.05, 0) is 68.9 Å². The molecule has 27 heavy (non-hydrogen) atoms. The summed E-state index contributed by atoms with van der Waals surface area (Å²) in [5, 5.41) is 16.4. The van der Waals surface area contributed by atoms with Crippen molar-refractivity contribution in [2.24, 2.45) is 5.92 Å². The molecule has 0 saturated carbocycles. The lowest BCUT2D eigenvalue weighted by Crippen LogP contribution is -2.24. The molecule has 6 nitrogen and oxygen atoms in total. The van der Waals surface area contributed by atoms with E-state index in [4.69, 9.17) is 5.11 Å². The van der Waals surface area contributed by atoms with Crippen molar-refractivity contribution in [2.45, 2.75) is 53.4 Å². The van der Waals surface area contributed by atoms with Crippen molar-refractivity contribution in [2.75, 3.05) is 6.54 Å². The number of carbonyl (C=O) groups excluding carboxylic acids is 1. The summed E-state index contributed by atoms with van der Waals surface area (Å²) < 4.78 is 1.80. The Labute approximate surface area is 160 Å². The van der Waals surface area contributed by atoms with Gasteiger partial charge in [-0.2, -0.15) is 5.10 Å². The number of rotatable bonds is 9. The lowest BCUT2D eigenvalue weighted by Gasteiger charge is -2.09. The van der Waals surface area contributed by atoms with E-state index >= 15 is 0 Å². The highest BCUT2D eigenvalue weighted by molar-refractivity contribution is 5.94. The second-order valence-electron chi connectivity index (χ2n) is 7.29. The van der Waals surface area contributed by atoms with Gasteiger partial charge in [0.2, 0.25) is 0 Å². The zero-order valence-corrected chi connectivity index (χ0v) is 16.6. The molecule has 0 fully saturated rings. The van der Waals surface area contributed by atoms with Crippen LogP contribution in [0.5, 0.6) is 0 Å². The molecule has 2 rings (SSSR count). The number of aromatic nitrogens is 2. The number of amides is 1. The van der Waals surface area contributed by atoms with Crippen molar-refractivity contribution in [1.82, 2.24) is 15.1 Å². The summed E-state index contributed by atoms with van der Waals surface area (Å²) in [6, 6.07) is 7.31. The van der Waals surface area contributed by atoms with E-state index in [1.807, 2.05) is 26.0 Å². The van der Waals surface area contributed by atoms with Crippen molar-refractivity contribution in [1.29, 1.82) is 0 Å². The summed E-state index contributed by atoms with van der Waals surface area (Å²) in [7, 11) is 0. The molecule has 1 amide bonds. The van der Waals surface area contributed by atoms with Gasteiger partial charge in [0.25, 0.3) is 5.91 Å². The van der Waals surface area contributed by atoms with Crippen LogP contribution >= 0.6 is 0 Å². The van der Waals surface area contributed by atoms with Crippen molar-refractivity contribution in [3.05, 3.63) is 46.8 Å². The highest BCUT2D eigenvalue weighted by Gasteiger charge is 2.14. The summed E-state index contributed by atoms with van der Waals surface area (Å²) in [5.74, 6) is -0.242. The normalized spacial score (nSPS) is 11.0. The Morgan fingerprint density at radius 3 is 2.44 bits per heavy atom. The first-order chi connectivity index (χ1) is 12.8. The second kappa shape index (κ2) is 9.35. The number of carbonyl (C=O) groups is 2. The number of nitrogens with one attached hydrogen (secondary N) is 1. The fraction of sp³-hybridized carbons (Fsp3) is 0.476. The zero-order valence-electron chi connectivity index (χ0n) is 16.6. The average molecular weight is 371 g/mol. The predicted molar refractivity (Wildman–Crippen MR) is 105 cm³/mol. The van der Waals surface area contributed by atoms with E-state index in [1.165, 1.54) is 0 Å². The fourth-order valence-electron chi connectivity index (χ4n) is 3.09. The number of aryl methyl sites for hydroxylation is 1. The van der Waals surface area contributed by atoms with Gasteiger partial charge in [0.15, 0.2) is 0 Å². The quantitative estimate of drug-likeness (QED) is 0.659. The third-order valence-corrected chi connectivity index (χ3v) is 4.65. The Kier molecular flexibility index (Phi) is 7.16. The van der Waals surface area contributed by atoms with Gasteiger partial charge in [-0.3, -0.25) is 9.59 Å². The maximum Gasteiger partial charge on any atom is 0.303 e. The summed E-state index contributed by atoms with van der Waals surface area (Å²) in [4.78, 5) is 23.1. The lowest BCUT2D eigenvalue weighted by molar-refractivity contribution is -0.136. The van der Waals surface area contributed by atoms with Crippen LogP contribution in [-0.4, -0.2) is 33.3 Å². The zero-order chi connectivity index (χ0) is 20.0. The van der Waals surface area contributed by atoms with Crippen molar-refractivity contribution in [3.63, 3.8) is 0 Å². The molecule has 0 bridgehead atoms. The van der Waals surface area contributed by atoms with Crippen LogP contribution in [0.15, 0.2) is 24.3 Å². The molecule has 0 atom stereocenters. The van der Waals surface area contributed by atoms with Crippen molar-refractivity contribution >= 4 is 11.9 Å². The molecule has 0 spiro atoms. The molecule has 146 valence electrons. The first-order valence-corrected chi connectivity index (χ1v) is 9.45. The summed E-state index contributed by atoms with van der Waals surface area (Å²) in [5.41, 5.74) is 4.20. The summed E-state index contributed by atoms with van der Waals surface area (Å²) >= 11 is 0. The molecule has 2 N–H and O–H groups in total. The van der Waals surface area contributed by atoms with E-state index in [1.54, 1.807) is 16.8 Å². The van der Waals surface area contributed by atoms with Crippen molar-refractivity contribution < 1.29 is 14.7 Å². The van der Waals surface area contributed by atoms with Gasteiger partial charge in [-0.15, -0.1) is 0 Å². The molecule has 0 aliphatic heterocycles. The molecule has 1 heterocycles. The minimum atomic E-state index is -0.815. The van der Waals surface area contributed by atoms with Crippen molar-refractivity contribution in [3.8, 4) is 5.69 Å². The molecule has 1 aromatic carbocycles. The Balaban J connectivity index is 2.05. The number of aliphatic carboxylic acids is 1. The number of carboxylic acids is 1. The first-order valence-electron chi connectivity index (χ1n) is 9.45. The molecule has 0 unspecified atom stereocenters. The summed E-state index contributed by atoms with van der Waals surface area (Å²) in [6.07, 6.45) is 2.63. The van der Waals surface area contributed by atoms with Gasteiger partial charge in [0, 0.05) is 24.2 Å². The SMILES string of the molecule is Cc1nn(-c2ccc(C(=O)NCCCC(C)C)cc2)c(C)c1CCC(=O)O. The topological polar surface area (TPSA) is 84.2 Å². The molecule has 2 aromatic rings. The Morgan fingerprint density at radius 2 is 1.85 bits per heavy atom. The Morgan fingerprint density at radius 1 is 1.19 bits per heavy atom. The largest absolute Gasteiger partial charge is 0.481 e.